The molecule has 1 aliphatic heterocycles. The van der Waals surface area contributed by atoms with Gasteiger partial charge in [0.25, 0.3) is 0 Å². The highest BCUT2D eigenvalue weighted by molar-refractivity contribution is 5.79. The molecular weight excluding hydrogens is 204 g/mol. The van der Waals surface area contributed by atoms with E-state index in [1.165, 1.54) is 0 Å². The molecule has 1 heterocycles. The predicted molar refractivity (Wildman–Crippen MR) is 64.3 cm³/mol. The van der Waals surface area contributed by atoms with Crippen molar-refractivity contribution in [2.24, 2.45) is 0 Å². The molecule has 1 aliphatic rings. The quantitative estimate of drug-likeness (QED) is 0.739. The van der Waals surface area contributed by atoms with Crippen molar-refractivity contribution in [1.29, 1.82) is 0 Å². The third kappa shape index (κ3) is 3.46. The highest BCUT2D eigenvalue weighted by Gasteiger charge is 2.37. The van der Waals surface area contributed by atoms with Gasteiger partial charge in [0.15, 0.2) is 0 Å². The van der Waals surface area contributed by atoms with Gasteiger partial charge < -0.3 is 15.4 Å². The van der Waals surface area contributed by atoms with Crippen LogP contribution in [0.5, 0.6) is 0 Å². The lowest BCUT2D eigenvalue weighted by Gasteiger charge is -2.29. The molecule has 1 amide bonds. The van der Waals surface area contributed by atoms with Crippen molar-refractivity contribution in [3.05, 3.63) is 0 Å². The second-order valence-electron chi connectivity index (χ2n) is 4.92. The molecule has 1 saturated heterocycles. The van der Waals surface area contributed by atoms with Crippen LogP contribution in [0, 0.1) is 0 Å². The Morgan fingerprint density at radius 2 is 2.31 bits per heavy atom. The van der Waals surface area contributed by atoms with Crippen LogP contribution in [-0.2, 0) is 9.53 Å². The van der Waals surface area contributed by atoms with E-state index in [0.29, 0.717) is 12.6 Å². The number of carbonyl (C=O) groups excluding carboxylic acids is 1. The Morgan fingerprint density at radius 1 is 1.62 bits per heavy atom. The summed E-state index contributed by atoms with van der Waals surface area (Å²) in [6, 6.07) is 0.385. The van der Waals surface area contributed by atoms with Crippen LogP contribution in [0.25, 0.3) is 0 Å². The topological polar surface area (TPSA) is 50.4 Å². The average Bonchev–Trinajstić information content (AvgIpc) is 2.55. The molecule has 16 heavy (non-hydrogen) atoms. The van der Waals surface area contributed by atoms with Gasteiger partial charge in [-0.05, 0) is 33.6 Å². The molecule has 0 radical (unpaired) electrons. The number of hydrogen-bond acceptors (Lipinski definition) is 3. The van der Waals surface area contributed by atoms with Gasteiger partial charge in [-0.25, -0.2) is 0 Å². The van der Waals surface area contributed by atoms with Crippen LogP contribution in [0.15, 0.2) is 0 Å². The minimum atomic E-state index is -0.200. The van der Waals surface area contributed by atoms with Crippen molar-refractivity contribution in [2.75, 3.05) is 13.2 Å². The first kappa shape index (κ1) is 13.5. The summed E-state index contributed by atoms with van der Waals surface area (Å²) in [5.74, 6) is 0.0557. The summed E-state index contributed by atoms with van der Waals surface area (Å²) in [4.78, 5) is 11.7. The van der Waals surface area contributed by atoms with E-state index in [1.807, 2.05) is 13.8 Å². The molecule has 0 aromatic rings. The molecule has 0 bridgehead atoms. The highest BCUT2D eigenvalue weighted by Crippen LogP contribution is 2.24. The molecule has 4 nitrogen and oxygen atoms in total. The molecule has 0 aliphatic carbocycles. The largest absolute Gasteiger partial charge is 0.376 e. The third-order valence-corrected chi connectivity index (χ3v) is 3.53. The number of ether oxygens (including phenoxy) is 1. The van der Waals surface area contributed by atoms with Crippen LogP contribution < -0.4 is 10.6 Å². The number of amides is 1. The molecule has 1 fully saturated rings. The summed E-state index contributed by atoms with van der Waals surface area (Å²) in [6.07, 6.45) is 2.02. The zero-order chi connectivity index (χ0) is 12.2. The lowest BCUT2D eigenvalue weighted by Crippen LogP contribution is -2.53. The normalized spacial score (nSPS) is 31.4. The Labute approximate surface area is 98.1 Å². The zero-order valence-electron chi connectivity index (χ0n) is 10.8. The van der Waals surface area contributed by atoms with Crippen LogP contribution >= 0.6 is 0 Å². The molecule has 2 N–H and O–H groups in total. The van der Waals surface area contributed by atoms with Crippen molar-refractivity contribution >= 4 is 5.91 Å². The van der Waals surface area contributed by atoms with Crippen LogP contribution in [0.1, 0.15) is 40.5 Å². The van der Waals surface area contributed by atoms with Gasteiger partial charge in [0, 0.05) is 12.6 Å². The van der Waals surface area contributed by atoms with Crippen LogP contribution in [-0.4, -0.2) is 36.7 Å². The fourth-order valence-corrected chi connectivity index (χ4v) is 1.77. The van der Waals surface area contributed by atoms with E-state index in [2.05, 4.69) is 24.5 Å². The Kier molecular flexibility index (Phi) is 4.74. The molecule has 94 valence electrons. The number of hydrogen-bond donors (Lipinski definition) is 2. The van der Waals surface area contributed by atoms with Crippen molar-refractivity contribution in [3.8, 4) is 0 Å². The Hall–Kier alpha value is -0.610. The summed E-state index contributed by atoms with van der Waals surface area (Å²) in [6.45, 7) is 9.36. The van der Waals surface area contributed by atoms with Gasteiger partial charge in [0.2, 0.25) is 5.91 Å². The highest BCUT2D eigenvalue weighted by atomic mass is 16.5. The van der Waals surface area contributed by atoms with Crippen molar-refractivity contribution < 1.29 is 9.53 Å². The van der Waals surface area contributed by atoms with Gasteiger partial charge in [0.1, 0.15) is 0 Å². The van der Waals surface area contributed by atoms with Crippen LogP contribution in [0.3, 0.4) is 0 Å². The molecule has 0 aromatic carbocycles. The average molecular weight is 228 g/mol. The van der Waals surface area contributed by atoms with Gasteiger partial charge >= 0.3 is 0 Å². The van der Waals surface area contributed by atoms with Gasteiger partial charge in [-0.2, -0.15) is 0 Å². The SMILES string of the molecule is CCC(C)NCC(=O)NC1(C)CCOC1C. The van der Waals surface area contributed by atoms with E-state index in [4.69, 9.17) is 4.74 Å². The first-order valence-electron chi connectivity index (χ1n) is 6.14. The van der Waals surface area contributed by atoms with E-state index in [0.717, 1.165) is 19.4 Å². The first-order chi connectivity index (χ1) is 7.48. The van der Waals surface area contributed by atoms with Gasteiger partial charge in [-0.15, -0.1) is 0 Å². The van der Waals surface area contributed by atoms with Crippen molar-refractivity contribution in [3.63, 3.8) is 0 Å². The predicted octanol–water partition coefficient (Wildman–Crippen LogP) is 1.06. The minimum absolute atomic E-state index is 0.0557. The third-order valence-electron chi connectivity index (χ3n) is 3.53. The molecular formula is C12H24N2O2. The van der Waals surface area contributed by atoms with E-state index >= 15 is 0 Å². The van der Waals surface area contributed by atoms with Crippen LogP contribution in [0.2, 0.25) is 0 Å². The fourth-order valence-electron chi connectivity index (χ4n) is 1.77. The summed E-state index contributed by atoms with van der Waals surface area (Å²) >= 11 is 0. The lowest BCUT2D eigenvalue weighted by molar-refractivity contribution is -0.122. The molecule has 0 spiro atoms. The number of carbonyl (C=O) groups is 1. The standard InChI is InChI=1S/C12H24N2O2/c1-5-9(2)13-8-11(15)14-12(4)6-7-16-10(12)3/h9-10,13H,5-8H2,1-4H3,(H,14,15). The Morgan fingerprint density at radius 3 is 2.81 bits per heavy atom. The van der Waals surface area contributed by atoms with Gasteiger partial charge in [0.05, 0.1) is 18.2 Å². The number of nitrogens with one attached hydrogen (secondary N) is 2. The Bertz CT molecular complexity index is 245. The fraction of sp³-hybridized carbons (Fsp3) is 0.917. The first-order valence-corrected chi connectivity index (χ1v) is 6.14. The maximum atomic E-state index is 11.7. The molecule has 3 unspecified atom stereocenters. The van der Waals surface area contributed by atoms with E-state index < -0.39 is 0 Å². The second kappa shape index (κ2) is 5.64. The number of rotatable bonds is 5. The maximum absolute atomic E-state index is 11.7. The van der Waals surface area contributed by atoms with Crippen molar-refractivity contribution in [1.82, 2.24) is 10.6 Å². The van der Waals surface area contributed by atoms with E-state index in [9.17, 15) is 4.79 Å². The summed E-state index contributed by atoms with van der Waals surface area (Å²) in [5, 5.41) is 6.24. The molecule has 0 saturated carbocycles. The van der Waals surface area contributed by atoms with Gasteiger partial charge in [-0.1, -0.05) is 6.92 Å². The summed E-state index contributed by atoms with van der Waals surface area (Å²) < 4.78 is 5.48. The van der Waals surface area contributed by atoms with Gasteiger partial charge in [-0.3, -0.25) is 4.79 Å². The van der Waals surface area contributed by atoms with E-state index in [1.54, 1.807) is 0 Å². The zero-order valence-corrected chi connectivity index (χ0v) is 10.8. The van der Waals surface area contributed by atoms with Crippen LogP contribution in [0.4, 0.5) is 0 Å². The second-order valence-corrected chi connectivity index (χ2v) is 4.92. The Balaban J connectivity index is 2.33. The molecule has 0 aromatic heterocycles. The summed E-state index contributed by atoms with van der Waals surface area (Å²) in [5.41, 5.74) is -0.200. The smallest absolute Gasteiger partial charge is 0.234 e. The molecule has 4 heteroatoms. The van der Waals surface area contributed by atoms with E-state index in [-0.39, 0.29) is 17.6 Å². The molecule has 1 rings (SSSR count). The summed E-state index contributed by atoms with van der Waals surface area (Å²) in [7, 11) is 0. The monoisotopic (exact) mass is 228 g/mol. The maximum Gasteiger partial charge on any atom is 0.234 e. The molecule has 3 atom stereocenters. The minimum Gasteiger partial charge on any atom is -0.376 e. The van der Waals surface area contributed by atoms with Crippen molar-refractivity contribution in [2.45, 2.75) is 58.2 Å². The lowest BCUT2D eigenvalue weighted by atomic mass is 9.94.